The molecular formula is C23H28N4O2. The molecule has 152 valence electrons. The van der Waals surface area contributed by atoms with E-state index >= 15 is 0 Å². The number of amides is 2. The van der Waals surface area contributed by atoms with Crippen molar-refractivity contribution in [1.29, 1.82) is 0 Å². The van der Waals surface area contributed by atoms with Gasteiger partial charge in [-0.15, -0.1) is 0 Å². The first-order chi connectivity index (χ1) is 14.2. The van der Waals surface area contributed by atoms with Crippen molar-refractivity contribution in [2.75, 3.05) is 38.0 Å². The lowest BCUT2D eigenvalue weighted by molar-refractivity contribution is -0.117. The van der Waals surface area contributed by atoms with Crippen LogP contribution in [0, 0.1) is 5.92 Å². The van der Waals surface area contributed by atoms with Gasteiger partial charge in [-0.3, -0.25) is 19.5 Å². The zero-order chi connectivity index (χ0) is 20.2. The molecule has 6 heteroatoms. The third-order valence-electron chi connectivity index (χ3n) is 5.61. The minimum atomic E-state index is 0.0295. The lowest BCUT2D eigenvalue weighted by Crippen LogP contribution is -2.48. The Morgan fingerprint density at radius 3 is 2.55 bits per heavy atom. The van der Waals surface area contributed by atoms with E-state index in [9.17, 15) is 9.59 Å². The summed E-state index contributed by atoms with van der Waals surface area (Å²) in [5.41, 5.74) is 2.85. The Bertz CT molecular complexity index is 872. The molecule has 1 aliphatic heterocycles. The topological polar surface area (TPSA) is 65.5 Å². The average Bonchev–Trinajstić information content (AvgIpc) is 3.60. The summed E-state index contributed by atoms with van der Waals surface area (Å²) in [6, 6.07) is 11.2. The molecule has 0 unspecified atom stereocenters. The summed E-state index contributed by atoms with van der Waals surface area (Å²) in [6.07, 6.45) is 4.77. The van der Waals surface area contributed by atoms with Crippen molar-refractivity contribution in [3.8, 4) is 11.3 Å². The maximum atomic E-state index is 13.3. The highest BCUT2D eigenvalue weighted by atomic mass is 16.2. The van der Waals surface area contributed by atoms with Crippen LogP contribution < -0.4 is 5.32 Å². The van der Waals surface area contributed by atoms with E-state index in [4.69, 9.17) is 0 Å². The molecule has 29 heavy (non-hydrogen) atoms. The lowest BCUT2D eigenvalue weighted by atomic mass is 10.0. The second-order valence-corrected chi connectivity index (χ2v) is 7.87. The Kier molecular flexibility index (Phi) is 5.90. The Hall–Kier alpha value is -2.73. The zero-order valence-corrected chi connectivity index (χ0v) is 16.9. The van der Waals surface area contributed by atoms with Crippen LogP contribution in [0.15, 0.2) is 42.6 Å². The molecule has 0 bridgehead atoms. The Balaban J connectivity index is 1.58. The Morgan fingerprint density at radius 1 is 1.10 bits per heavy atom. The lowest BCUT2D eigenvalue weighted by Gasteiger charge is -2.35. The number of nitrogens with one attached hydrogen (secondary N) is 1. The average molecular weight is 393 g/mol. The van der Waals surface area contributed by atoms with E-state index in [2.05, 4.69) is 22.1 Å². The molecule has 2 fully saturated rings. The molecule has 1 aromatic heterocycles. The van der Waals surface area contributed by atoms with E-state index in [-0.39, 0.29) is 17.7 Å². The van der Waals surface area contributed by atoms with E-state index in [1.54, 1.807) is 6.20 Å². The number of anilines is 1. The minimum Gasteiger partial charge on any atom is -0.336 e. The van der Waals surface area contributed by atoms with Gasteiger partial charge in [0.05, 0.1) is 5.69 Å². The van der Waals surface area contributed by atoms with Gasteiger partial charge < -0.3 is 10.2 Å². The monoisotopic (exact) mass is 392 g/mol. The molecule has 2 heterocycles. The van der Waals surface area contributed by atoms with Crippen LogP contribution in [0.3, 0.4) is 0 Å². The van der Waals surface area contributed by atoms with Gasteiger partial charge in [0, 0.05) is 55.1 Å². The van der Waals surface area contributed by atoms with E-state index in [1.807, 2.05) is 41.3 Å². The summed E-state index contributed by atoms with van der Waals surface area (Å²) in [7, 11) is 0. The van der Waals surface area contributed by atoms with E-state index in [0.717, 1.165) is 63.2 Å². The molecule has 2 aromatic rings. The summed E-state index contributed by atoms with van der Waals surface area (Å²) in [5, 5.41) is 2.98. The summed E-state index contributed by atoms with van der Waals surface area (Å²) >= 11 is 0. The highest BCUT2D eigenvalue weighted by molar-refractivity contribution is 6.02. The van der Waals surface area contributed by atoms with Crippen LogP contribution in [0.5, 0.6) is 0 Å². The highest BCUT2D eigenvalue weighted by Gasteiger charge is 2.30. The third kappa shape index (κ3) is 4.65. The number of nitrogens with zero attached hydrogens (tertiary/aromatic N) is 3. The van der Waals surface area contributed by atoms with Gasteiger partial charge in [-0.25, -0.2) is 0 Å². The first-order valence-electron chi connectivity index (χ1n) is 10.5. The number of carbonyl (C=O) groups excluding carboxylic acids is 2. The molecule has 0 atom stereocenters. The maximum absolute atomic E-state index is 13.3. The van der Waals surface area contributed by atoms with Crippen LogP contribution in [-0.2, 0) is 4.79 Å². The van der Waals surface area contributed by atoms with Crippen molar-refractivity contribution in [3.05, 3.63) is 48.2 Å². The Morgan fingerprint density at radius 2 is 1.90 bits per heavy atom. The van der Waals surface area contributed by atoms with Gasteiger partial charge in [0.15, 0.2) is 0 Å². The van der Waals surface area contributed by atoms with Crippen LogP contribution in [0.25, 0.3) is 11.3 Å². The molecule has 1 N–H and O–H groups in total. The number of carbonyl (C=O) groups is 2. The standard InChI is InChI=1S/C23H28N4O2/c1-2-11-26-12-14-27(15-13-26)23(29)19-9-8-18(25-22(28)17-6-7-17)16-20(19)21-5-3-4-10-24-21/h3-5,8-10,16-17H,2,6-7,11-15H2,1H3,(H,25,28). The molecule has 4 rings (SSSR count). The molecular weight excluding hydrogens is 364 g/mol. The first kappa shape index (κ1) is 19.6. The number of pyridine rings is 1. The third-order valence-corrected chi connectivity index (χ3v) is 5.61. The number of aromatic nitrogens is 1. The van der Waals surface area contributed by atoms with Gasteiger partial charge in [-0.2, -0.15) is 0 Å². The van der Waals surface area contributed by atoms with Gasteiger partial charge in [0.2, 0.25) is 5.91 Å². The fraction of sp³-hybridized carbons (Fsp3) is 0.435. The Labute approximate surface area is 171 Å². The molecule has 2 amide bonds. The van der Waals surface area contributed by atoms with Crippen molar-refractivity contribution in [3.63, 3.8) is 0 Å². The number of hydrogen-bond acceptors (Lipinski definition) is 4. The summed E-state index contributed by atoms with van der Waals surface area (Å²) in [6.45, 7) is 6.56. The van der Waals surface area contributed by atoms with E-state index in [0.29, 0.717) is 11.3 Å². The maximum Gasteiger partial charge on any atom is 0.254 e. The fourth-order valence-electron chi connectivity index (χ4n) is 3.79. The van der Waals surface area contributed by atoms with Crippen LogP contribution >= 0.6 is 0 Å². The van der Waals surface area contributed by atoms with Crippen LogP contribution in [0.4, 0.5) is 5.69 Å². The molecule has 1 saturated heterocycles. The predicted molar refractivity (Wildman–Crippen MR) is 114 cm³/mol. The molecule has 1 aliphatic carbocycles. The van der Waals surface area contributed by atoms with Crippen LogP contribution in [0.2, 0.25) is 0 Å². The molecule has 1 saturated carbocycles. The van der Waals surface area contributed by atoms with E-state index < -0.39 is 0 Å². The summed E-state index contributed by atoms with van der Waals surface area (Å²) in [4.78, 5) is 34.2. The number of rotatable bonds is 6. The minimum absolute atomic E-state index is 0.0295. The van der Waals surface area contributed by atoms with Gasteiger partial charge in [-0.1, -0.05) is 13.0 Å². The highest BCUT2D eigenvalue weighted by Crippen LogP contribution is 2.32. The molecule has 1 aromatic carbocycles. The van der Waals surface area contributed by atoms with Gasteiger partial charge in [0.25, 0.3) is 5.91 Å². The van der Waals surface area contributed by atoms with Gasteiger partial charge in [-0.05, 0) is 56.1 Å². The van der Waals surface area contributed by atoms with Crippen LogP contribution in [-0.4, -0.2) is 59.3 Å². The SMILES string of the molecule is CCCN1CCN(C(=O)c2ccc(NC(=O)C3CC3)cc2-c2ccccn2)CC1. The van der Waals surface area contributed by atoms with Crippen LogP contribution in [0.1, 0.15) is 36.5 Å². The second-order valence-electron chi connectivity index (χ2n) is 7.87. The molecule has 6 nitrogen and oxygen atoms in total. The van der Waals surface area contributed by atoms with Crippen molar-refractivity contribution >= 4 is 17.5 Å². The second kappa shape index (κ2) is 8.74. The largest absolute Gasteiger partial charge is 0.336 e. The van der Waals surface area contributed by atoms with Crippen molar-refractivity contribution in [2.24, 2.45) is 5.92 Å². The number of piperazine rings is 1. The van der Waals surface area contributed by atoms with Gasteiger partial charge in [0.1, 0.15) is 0 Å². The predicted octanol–water partition coefficient (Wildman–Crippen LogP) is 3.26. The molecule has 2 aliphatic rings. The summed E-state index contributed by atoms with van der Waals surface area (Å²) in [5.74, 6) is 0.221. The first-order valence-corrected chi connectivity index (χ1v) is 10.5. The van der Waals surface area contributed by atoms with Crippen molar-refractivity contribution in [2.45, 2.75) is 26.2 Å². The molecule has 0 spiro atoms. The fourth-order valence-corrected chi connectivity index (χ4v) is 3.79. The number of hydrogen-bond donors (Lipinski definition) is 1. The quantitative estimate of drug-likeness (QED) is 0.819. The summed E-state index contributed by atoms with van der Waals surface area (Å²) < 4.78 is 0. The van der Waals surface area contributed by atoms with E-state index in [1.165, 1.54) is 0 Å². The smallest absolute Gasteiger partial charge is 0.254 e. The zero-order valence-electron chi connectivity index (χ0n) is 16.9. The van der Waals surface area contributed by atoms with Crippen molar-refractivity contribution in [1.82, 2.24) is 14.8 Å². The van der Waals surface area contributed by atoms with Crippen molar-refractivity contribution < 1.29 is 9.59 Å². The van der Waals surface area contributed by atoms with Gasteiger partial charge >= 0.3 is 0 Å². The molecule has 0 radical (unpaired) electrons. The number of benzene rings is 1. The normalized spacial score (nSPS) is 17.2.